The summed E-state index contributed by atoms with van der Waals surface area (Å²) in [6, 6.07) is 17.1. The molecule has 0 bridgehead atoms. The minimum absolute atomic E-state index is 0.192. The molecule has 0 fully saturated rings. The first kappa shape index (κ1) is 16.1. The van der Waals surface area contributed by atoms with E-state index in [1.54, 1.807) is 6.07 Å². The number of fused-ring (bicyclic) bond motifs is 2. The van der Waals surface area contributed by atoms with Crippen LogP contribution >= 0.6 is 0 Å². The third-order valence-electron chi connectivity index (χ3n) is 5.52. The zero-order chi connectivity index (χ0) is 18.4. The van der Waals surface area contributed by atoms with Crippen molar-refractivity contribution in [3.05, 3.63) is 88.5 Å². The second-order valence-electron chi connectivity index (χ2n) is 7.22. The van der Waals surface area contributed by atoms with E-state index in [1.807, 2.05) is 12.1 Å². The number of H-pyrrole nitrogens is 1. The highest BCUT2D eigenvalue weighted by molar-refractivity contribution is 6.34. The lowest BCUT2D eigenvalue weighted by atomic mass is 9.82. The number of carbonyl (C=O) groups is 1. The Morgan fingerprint density at radius 3 is 2.78 bits per heavy atom. The van der Waals surface area contributed by atoms with E-state index in [-0.39, 0.29) is 11.7 Å². The first-order valence-corrected chi connectivity index (χ1v) is 9.29. The smallest absolute Gasteiger partial charge is 0.256 e. The number of carbonyl (C=O) groups excluding carboxylic acids is 1. The van der Waals surface area contributed by atoms with E-state index in [4.69, 9.17) is 0 Å². The van der Waals surface area contributed by atoms with Crippen LogP contribution in [0.5, 0.6) is 0 Å². The van der Waals surface area contributed by atoms with E-state index in [2.05, 4.69) is 40.6 Å². The average Bonchev–Trinajstić information content (AvgIpc) is 3.22. The van der Waals surface area contributed by atoms with E-state index in [1.165, 1.54) is 29.0 Å². The minimum Gasteiger partial charge on any atom is -0.359 e. The zero-order valence-corrected chi connectivity index (χ0v) is 14.8. The summed E-state index contributed by atoms with van der Waals surface area (Å²) in [5.74, 6) is -0.156. The lowest BCUT2D eigenvalue weighted by Gasteiger charge is -2.22. The molecule has 1 aromatic heterocycles. The van der Waals surface area contributed by atoms with Crippen molar-refractivity contribution in [1.29, 1.82) is 0 Å². The number of halogens is 1. The SMILES string of the molecule is O=C1Nc2cc(F)ccc2C1=Cc1cc2c([nH]1)CCCC2c1ccccc1. The summed E-state index contributed by atoms with van der Waals surface area (Å²) in [5.41, 5.74) is 6.66. The summed E-state index contributed by atoms with van der Waals surface area (Å²) >= 11 is 0. The van der Waals surface area contributed by atoms with Gasteiger partial charge in [0.15, 0.2) is 0 Å². The largest absolute Gasteiger partial charge is 0.359 e. The van der Waals surface area contributed by atoms with Crippen molar-refractivity contribution < 1.29 is 9.18 Å². The Morgan fingerprint density at radius 2 is 1.93 bits per heavy atom. The van der Waals surface area contributed by atoms with Gasteiger partial charge in [-0.1, -0.05) is 30.3 Å². The molecule has 5 rings (SSSR count). The molecule has 0 saturated heterocycles. The highest BCUT2D eigenvalue weighted by atomic mass is 19.1. The number of rotatable bonds is 2. The number of hydrogen-bond acceptors (Lipinski definition) is 1. The van der Waals surface area contributed by atoms with Crippen LogP contribution in [0.2, 0.25) is 0 Å². The molecule has 2 heterocycles. The fraction of sp³-hybridized carbons (Fsp3) is 0.174. The minimum atomic E-state index is -0.351. The predicted octanol–water partition coefficient (Wildman–Crippen LogP) is 5.11. The van der Waals surface area contributed by atoms with Gasteiger partial charge >= 0.3 is 0 Å². The van der Waals surface area contributed by atoms with Crippen LogP contribution < -0.4 is 5.32 Å². The monoisotopic (exact) mass is 358 g/mol. The average molecular weight is 358 g/mol. The lowest BCUT2D eigenvalue weighted by molar-refractivity contribution is -0.110. The van der Waals surface area contributed by atoms with Gasteiger partial charge in [0.05, 0.1) is 11.3 Å². The third kappa shape index (κ3) is 2.78. The van der Waals surface area contributed by atoms with Crippen molar-refractivity contribution >= 4 is 23.2 Å². The van der Waals surface area contributed by atoms with Gasteiger partial charge in [-0.25, -0.2) is 4.39 Å². The van der Waals surface area contributed by atoms with Crippen LogP contribution in [-0.2, 0) is 11.2 Å². The van der Waals surface area contributed by atoms with Crippen LogP contribution in [-0.4, -0.2) is 10.9 Å². The molecule has 4 heteroatoms. The van der Waals surface area contributed by atoms with Crippen LogP contribution in [0.15, 0.2) is 54.6 Å². The molecule has 3 aromatic rings. The summed E-state index contributed by atoms with van der Waals surface area (Å²) in [5, 5.41) is 2.74. The van der Waals surface area contributed by atoms with Crippen LogP contribution in [0.25, 0.3) is 11.6 Å². The molecule has 1 aliphatic heterocycles. The normalized spacial score (nSPS) is 19.7. The summed E-state index contributed by atoms with van der Waals surface area (Å²) in [6.07, 6.45) is 5.18. The Bertz CT molecular complexity index is 1070. The summed E-state index contributed by atoms with van der Waals surface area (Å²) in [6.45, 7) is 0. The highest BCUT2D eigenvalue weighted by Gasteiger charge is 2.27. The molecule has 2 aromatic carbocycles. The van der Waals surface area contributed by atoms with Crippen LogP contribution in [0.1, 0.15) is 46.8 Å². The number of hydrogen-bond donors (Lipinski definition) is 2. The van der Waals surface area contributed by atoms with Gasteiger partial charge in [0.1, 0.15) is 5.82 Å². The molecule has 134 valence electrons. The van der Waals surface area contributed by atoms with Crippen molar-refractivity contribution in [1.82, 2.24) is 4.98 Å². The van der Waals surface area contributed by atoms with E-state index in [0.29, 0.717) is 17.2 Å². The number of anilines is 1. The van der Waals surface area contributed by atoms with Crippen molar-refractivity contribution in [3.8, 4) is 0 Å². The Morgan fingerprint density at radius 1 is 1.07 bits per heavy atom. The first-order valence-electron chi connectivity index (χ1n) is 9.29. The predicted molar refractivity (Wildman–Crippen MR) is 105 cm³/mol. The van der Waals surface area contributed by atoms with Crippen molar-refractivity contribution in [3.63, 3.8) is 0 Å². The van der Waals surface area contributed by atoms with Gasteiger partial charge in [0.2, 0.25) is 0 Å². The molecule has 0 spiro atoms. The number of benzene rings is 2. The van der Waals surface area contributed by atoms with E-state index < -0.39 is 0 Å². The van der Waals surface area contributed by atoms with E-state index in [0.717, 1.165) is 30.5 Å². The van der Waals surface area contributed by atoms with Gasteiger partial charge < -0.3 is 10.3 Å². The summed E-state index contributed by atoms with van der Waals surface area (Å²) < 4.78 is 13.4. The molecule has 0 radical (unpaired) electrons. The summed E-state index contributed by atoms with van der Waals surface area (Å²) in [7, 11) is 0. The fourth-order valence-corrected chi connectivity index (χ4v) is 4.27. The third-order valence-corrected chi connectivity index (χ3v) is 5.52. The Hall–Kier alpha value is -3.14. The molecule has 2 aliphatic rings. The van der Waals surface area contributed by atoms with E-state index in [9.17, 15) is 9.18 Å². The van der Waals surface area contributed by atoms with Crippen molar-refractivity contribution in [2.24, 2.45) is 0 Å². The topological polar surface area (TPSA) is 44.9 Å². The van der Waals surface area contributed by atoms with Crippen LogP contribution in [0, 0.1) is 5.82 Å². The van der Waals surface area contributed by atoms with Gasteiger partial charge in [0, 0.05) is 22.9 Å². The molecule has 1 aliphatic carbocycles. The van der Waals surface area contributed by atoms with Gasteiger partial charge in [-0.15, -0.1) is 0 Å². The molecular formula is C23H19FN2O. The number of aryl methyl sites for hydroxylation is 1. The first-order chi connectivity index (χ1) is 13.2. The van der Waals surface area contributed by atoms with Gasteiger partial charge in [-0.05, 0) is 60.7 Å². The molecule has 1 unspecified atom stereocenters. The summed E-state index contributed by atoms with van der Waals surface area (Å²) in [4.78, 5) is 15.9. The molecule has 27 heavy (non-hydrogen) atoms. The van der Waals surface area contributed by atoms with Crippen molar-refractivity contribution in [2.75, 3.05) is 5.32 Å². The van der Waals surface area contributed by atoms with Gasteiger partial charge in [-0.3, -0.25) is 4.79 Å². The zero-order valence-electron chi connectivity index (χ0n) is 14.8. The second kappa shape index (κ2) is 6.23. The standard InChI is InChI=1S/C23H19FN2O/c24-15-9-10-18-20(23(27)26-22(18)11-15)13-16-12-19-17(7-4-8-21(19)25-16)14-5-2-1-3-6-14/h1-3,5-6,9-13,17,25H,4,7-8H2,(H,26,27). The highest BCUT2D eigenvalue weighted by Crippen LogP contribution is 2.38. The lowest BCUT2D eigenvalue weighted by Crippen LogP contribution is -2.09. The van der Waals surface area contributed by atoms with Crippen molar-refractivity contribution in [2.45, 2.75) is 25.2 Å². The van der Waals surface area contributed by atoms with E-state index >= 15 is 0 Å². The van der Waals surface area contributed by atoms with Crippen LogP contribution in [0.3, 0.4) is 0 Å². The molecular weight excluding hydrogens is 339 g/mol. The number of aromatic amines is 1. The number of aromatic nitrogens is 1. The molecule has 1 amide bonds. The molecule has 1 atom stereocenters. The second-order valence-corrected chi connectivity index (χ2v) is 7.22. The Labute approximate surface area is 156 Å². The number of nitrogens with one attached hydrogen (secondary N) is 2. The number of amides is 1. The Kier molecular flexibility index (Phi) is 3.71. The molecule has 0 saturated carbocycles. The quantitative estimate of drug-likeness (QED) is 0.614. The maximum atomic E-state index is 13.4. The maximum Gasteiger partial charge on any atom is 0.256 e. The van der Waals surface area contributed by atoms with Gasteiger partial charge in [-0.2, -0.15) is 0 Å². The Balaban J connectivity index is 1.54. The van der Waals surface area contributed by atoms with Gasteiger partial charge in [0.25, 0.3) is 5.91 Å². The fourth-order valence-electron chi connectivity index (χ4n) is 4.27. The molecule has 2 N–H and O–H groups in total. The van der Waals surface area contributed by atoms with Crippen LogP contribution in [0.4, 0.5) is 10.1 Å². The molecule has 3 nitrogen and oxygen atoms in total. The maximum absolute atomic E-state index is 13.4.